The molecule has 1 aromatic carbocycles. The Morgan fingerprint density at radius 3 is 2.50 bits per heavy atom. The van der Waals surface area contributed by atoms with Gasteiger partial charge in [0.25, 0.3) is 0 Å². The number of nitrogens with two attached hydrogens (primary N) is 1. The second kappa shape index (κ2) is 3.93. The third-order valence-corrected chi connectivity index (χ3v) is 2.76. The van der Waals surface area contributed by atoms with Crippen molar-refractivity contribution in [3.05, 3.63) is 41.2 Å². The molecule has 0 aliphatic carbocycles. The monoisotopic (exact) mass is 213 g/mol. The van der Waals surface area contributed by atoms with E-state index in [2.05, 4.69) is 42.0 Å². The highest BCUT2D eigenvalue weighted by atomic mass is 14.9. The van der Waals surface area contributed by atoms with Gasteiger partial charge in [-0.25, -0.2) is 9.97 Å². The Hall–Kier alpha value is -1.90. The molecule has 0 radical (unpaired) electrons. The molecule has 3 nitrogen and oxygen atoms in total. The summed E-state index contributed by atoms with van der Waals surface area (Å²) in [6.07, 6.45) is 1.51. The predicted octanol–water partition coefficient (Wildman–Crippen LogP) is 2.65. The summed E-state index contributed by atoms with van der Waals surface area (Å²) < 4.78 is 0. The summed E-state index contributed by atoms with van der Waals surface area (Å²) in [5, 5.41) is 0. The van der Waals surface area contributed by atoms with Crippen molar-refractivity contribution in [2.75, 3.05) is 5.73 Å². The second-order valence-electron chi connectivity index (χ2n) is 4.05. The quantitative estimate of drug-likeness (QED) is 0.792. The molecule has 1 heterocycles. The molecule has 82 valence electrons. The normalized spacial score (nSPS) is 10.4. The van der Waals surface area contributed by atoms with E-state index in [0.29, 0.717) is 5.82 Å². The standard InChI is InChI=1S/C13H15N3/c1-8-4-5-11(9(2)6-8)12-10(3)13(14)16-7-15-12/h4-7H,1-3H3,(H2,14,15,16). The zero-order chi connectivity index (χ0) is 11.7. The maximum absolute atomic E-state index is 5.79. The largest absolute Gasteiger partial charge is 0.383 e. The van der Waals surface area contributed by atoms with Gasteiger partial charge in [0.2, 0.25) is 0 Å². The van der Waals surface area contributed by atoms with E-state index in [0.717, 1.165) is 16.8 Å². The van der Waals surface area contributed by atoms with E-state index < -0.39 is 0 Å². The van der Waals surface area contributed by atoms with E-state index in [9.17, 15) is 0 Å². The Morgan fingerprint density at radius 1 is 1.06 bits per heavy atom. The minimum absolute atomic E-state index is 0.546. The first-order chi connectivity index (χ1) is 7.59. The second-order valence-corrected chi connectivity index (χ2v) is 4.05. The summed E-state index contributed by atoms with van der Waals surface area (Å²) >= 11 is 0. The molecule has 0 saturated carbocycles. The fraction of sp³-hybridized carbons (Fsp3) is 0.231. The molecular formula is C13H15N3. The highest BCUT2D eigenvalue weighted by Gasteiger charge is 2.09. The number of nitrogens with zero attached hydrogens (tertiary/aromatic N) is 2. The van der Waals surface area contributed by atoms with E-state index in [1.54, 1.807) is 0 Å². The van der Waals surface area contributed by atoms with Crippen LogP contribution in [0.5, 0.6) is 0 Å². The lowest BCUT2D eigenvalue weighted by atomic mass is 10.0. The van der Waals surface area contributed by atoms with Gasteiger partial charge in [-0.3, -0.25) is 0 Å². The summed E-state index contributed by atoms with van der Waals surface area (Å²) in [6.45, 7) is 6.11. The molecule has 0 spiro atoms. The van der Waals surface area contributed by atoms with Gasteiger partial charge in [-0.15, -0.1) is 0 Å². The van der Waals surface area contributed by atoms with Crippen LogP contribution in [0.3, 0.4) is 0 Å². The third-order valence-electron chi connectivity index (χ3n) is 2.76. The number of anilines is 1. The van der Waals surface area contributed by atoms with Crippen LogP contribution in [0.1, 0.15) is 16.7 Å². The van der Waals surface area contributed by atoms with E-state index in [4.69, 9.17) is 5.73 Å². The van der Waals surface area contributed by atoms with Gasteiger partial charge < -0.3 is 5.73 Å². The van der Waals surface area contributed by atoms with Crippen LogP contribution in [0.2, 0.25) is 0 Å². The van der Waals surface area contributed by atoms with Crippen molar-refractivity contribution < 1.29 is 0 Å². The molecule has 1 aromatic heterocycles. The van der Waals surface area contributed by atoms with Crippen molar-refractivity contribution >= 4 is 5.82 Å². The van der Waals surface area contributed by atoms with Crippen LogP contribution in [-0.2, 0) is 0 Å². The summed E-state index contributed by atoms with van der Waals surface area (Å²) in [6, 6.07) is 6.31. The fourth-order valence-electron chi connectivity index (χ4n) is 1.81. The molecule has 3 heteroatoms. The van der Waals surface area contributed by atoms with Gasteiger partial charge >= 0.3 is 0 Å². The summed E-state index contributed by atoms with van der Waals surface area (Å²) in [5.74, 6) is 0.546. The smallest absolute Gasteiger partial charge is 0.130 e. The van der Waals surface area contributed by atoms with Crippen molar-refractivity contribution in [3.63, 3.8) is 0 Å². The first-order valence-corrected chi connectivity index (χ1v) is 5.24. The zero-order valence-corrected chi connectivity index (χ0v) is 9.78. The minimum atomic E-state index is 0.546. The van der Waals surface area contributed by atoms with E-state index >= 15 is 0 Å². The molecule has 16 heavy (non-hydrogen) atoms. The van der Waals surface area contributed by atoms with Crippen molar-refractivity contribution in [3.8, 4) is 11.3 Å². The third kappa shape index (κ3) is 1.76. The first-order valence-electron chi connectivity index (χ1n) is 5.24. The van der Waals surface area contributed by atoms with E-state index in [1.807, 2.05) is 6.92 Å². The molecule has 2 aromatic rings. The average Bonchev–Trinajstić information content (AvgIpc) is 2.23. The zero-order valence-electron chi connectivity index (χ0n) is 9.78. The fourth-order valence-corrected chi connectivity index (χ4v) is 1.81. The molecular weight excluding hydrogens is 198 g/mol. The lowest BCUT2D eigenvalue weighted by Gasteiger charge is -2.09. The summed E-state index contributed by atoms with van der Waals surface area (Å²) in [7, 11) is 0. The molecule has 0 aliphatic heterocycles. The van der Waals surface area contributed by atoms with Gasteiger partial charge in [0, 0.05) is 11.1 Å². The molecule has 2 rings (SSSR count). The minimum Gasteiger partial charge on any atom is -0.383 e. The van der Waals surface area contributed by atoms with Crippen LogP contribution in [0.15, 0.2) is 24.5 Å². The van der Waals surface area contributed by atoms with Gasteiger partial charge in [0.1, 0.15) is 12.1 Å². The van der Waals surface area contributed by atoms with Crippen molar-refractivity contribution in [1.29, 1.82) is 0 Å². The Balaban J connectivity index is 2.63. The predicted molar refractivity (Wildman–Crippen MR) is 66.1 cm³/mol. The molecule has 0 saturated heterocycles. The number of aromatic nitrogens is 2. The van der Waals surface area contributed by atoms with Crippen LogP contribution in [0, 0.1) is 20.8 Å². The van der Waals surface area contributed by atoms with Crippen LogP contribution >= 0.6 is 0 Å². The Bertz CT molecular complexity index is 533. The molecule has 0 bridgehead atoms. The van der Waals surface area contributed by atoms with Crippen molar-refractivity contribution in [1.82, 2.24) is 9.97 Å². The molecule has 0 amide bonds. The van der Waals surface area contributed by atoms with E-state index in [-0.39, 0.29) is 0 Å². The Kier molecular flexibility index (Phi) is 2.60. The molecule has 0 fully saturated rings. The molecule has 2 N–H and O–H groups in total. The average molecular weight is 213 g/mol. The maximum atomic E-state index is 5.79. The summed E-state index contributed by atoms with van der Waals surface area (Å²) in [4.78, 5) is 8.29. The number of rotatable bonds is 1. The number of hydrogen-bond acceptors (Lipinski definition) is 3. The number of hydrogen-bond donors (Lipinski definition) is 1. The highest BCUT2D eigenvalue weighted by Crippen LogP contribution is 2.26. The molecule has 0 atom stereocenters. The Morgan fingerprint density at radius 2 is 1.81 bits per heavy atom. The SMILES string of the molecule is Cc1ccc(-c2ncnc(N)c2C)c(C)c1. The van der Waals surface area contributed by atoms with Crippen LogP contribution in [0.4, 0.5) is 5.82 Å². The van der Waals surface area contributed by atoms with Gasteiger partial charge in [-0.05, 0) is 26.3 Å². The van der Waals surface area contributed by atoms with Crippen molar-refractivity contribution in [2.24, 2.45) is 0 Å². The van der Waals surface area contributed by atoms with Crippen molar-refractivity contribution in [2.45, 2.75) is 20.8 Å². The van der Waals surface area contributed by atoms with Gasteiger partial charge in [0.05, 0.1) is 5.69 Å². The lowest BCUT2D eigenvalue weighted by Crippen LogP contribution is -1.99. The van der Waals surface area contributed by atoms with Crippen LogP contribution in [0.25, 0.3) is 11.3 Å². The maximum Gasteiger partial charge on any atom is 0.130 e. The van der Waals surface area contributed by atoms with Crippen LogP contribution < -0.4 is 5.73 Å². The topological polar surface area (TPSA) is 51.8 Å². The number of benzene rings is 1. The van der Waals surface area contributed by atoms with E-state index in [1.165, 1.54) is 17.5 Å². The first kappa shape index (κ1) is 10.6. The van der Waals surface area contributed by atoms with Crippen LogP contribution in [-0.4, -0.2) is 9.97 Å². The highest BCUT2D eigenvalue weighted by molar-refractivity contribution is 5.70. The lowest BCUT2D eigenvalue weighted by molar-refractivity contribution is 1.14. The number of nitrogen functional groups attached to an aromatic ring is 1. The number of aryl methyl sites for hydroxylation is 2. The summed E-state index contributed by atoms with van der Waals surface area (Å²) in [5.41, 5.74) is 11.2. The van der Waals surface area contributed by atoms with Gasteiger partial charge in [-0.2, -0.15) is 0 Å². The van der Waals surface area contributed by atoms with Gasteiger partial charge in [0.15, 0.2) is 0 Å². The molecule has 0 aliphatic rings. The Labute approximate surface area is 95.4 Å². The van der Waals surface area contributed by atoms with Gasteiger partial charge in [-0.1, -0.05) is 23.8 Å². The molecule has 0 unspecified atom stereocenters.